The highest BCUT2D eigenvalue weighted by Crippen LogP contribution is 2.14. The van der Waals surface area contributed by atoms with Gasteiger partial charge < -0.3 is 10.5 Å². The molecule has 1 atom stereocenters. The molecular weight excluding hydrogens is 212 g/mol. The predicted octanol–water partition coefficient (Wildman–Crippen LogP) is 1.20. The van der Waals surface area contributed by atoms with E-state index in [1.807, 2.05) is 0 Å². The molecule has 0 saturated carbocycles. The van der Waals surface area contributed by atoms with E-state index in [1.165, 1.54) is 6.20 Å². The van der Waals surface area contributed by atoms with E-state index in [2.05, 4.69) is 4.98 Å². The van der Waals surface area contributed by atoms with Gasteiger partial charge in [-0.3, -0.25) is 9.19 Å². The normalized spacial score (nSPS) is 12.6. The lowest BCUT2D eigenvalue weighted by Crippen LogP contribution is -2.03. The van der Waals surface area contributed by atoms with Crippen LogP contribution in [0, 0.1) is 0 Å². The lowest BCUT2D eigenvalue weighted by atomic mass is 10.4. The minimum Gasteiger partial charge on any atom is -0.396 e. The molecule has 0 aromatic carbocycles. The third-order valence-electron chi connectivity index (χ3n) is 1.98. The molecule has 0 radical (unpaired) electrons. The predicted molar refractivity (Wildman–Crippen MR) is 61.0 cm³/mol. The number of anilines is 1. The van der Waals surface area contributed by atoms with Crippen molar-refractivity contribution >= 4 is 16.5 Å². The van der Waals surface area contributed by atoms with Crippen LogP contribution in [0.2, 0.25) is 0 Å². The molecule has 0 amide bonds. The van der Waals surface area contributed by atoms with Crippen molar-refractivity contribution in [1.29, 1.82) is 0 Å². The third-order valence-corrected chi connectivity index (χ3v) is 3.51. The number of methoxy groups -OCH3 is 1. The van der Waals surface area contributed by atoms with Crippen LogP contribution < -0.4 is 5.73 Å². The maximum atomic E-state index is 11.8. The zero-order chi connectivity index (χ0) is 11.1. The number of unbranched alkanes of at least 4 members (excludes halogenated alkanes) is 1. The fourth-order valence-corrected chi connectivity index (χ4v) is 2.41. The molecule has 1 aromatic rings. The van der Waals surface area contributed by atoms with Gasteiger partial charge in [0, 0.05) is 25.7 Å². The number of hydrogen-bond donors (Lipinski definition) is 1. The van der Waals surface area contributed by atoms with Crippen molar-refractivity contribution in [3.63, 3.8) is 0 Å². The van der Waals surface area contributed by atoms with Gasteiger partial charge in [-0.05, 0) is 18.9 Å². The molecule has 5 heteroatoms. The van der Waals surface area contributed by atoms with Gasteiger partial charge >= 0.3 is 0 Å². The van der Waals surface area contributed by atoms with Gasteiger partial charge in [-0.15, -0.1) is 0 Å². The maximum Gasteiger partial charge on any atom is 0.0664 e. The minimum absolute atomic E-state index is 0.502. The third kappa shape index (κ3) is 3.97. The minimum atomic E-state index is -1.02. The van der Waals surface area contributed by atoms with Crippen LogP contribution in [0.5, 0.6) is 0 Å². The van der Waals surface area contributed by atoms with Crippen LogP contribution in [0.1, 0.15) is 12.8 Å². The van der Waals surface area contributed by atoms with E-state index in [-0.39, 0.29) is 0 Å². The summed E-state index contributed by atoms with van der Waals surface area (Å²) < 4.78 is 16.7. The molecule has 1 unspecified atom stereocenters. The molecule has 0 aliphatic heterocycles. The molecule has 15 heavy (non-hydrogen) atoms. The number of pyridine rings is 1. The summed E-state index contributed by atoms with van der Waals surface area (Å²) in [5, 5.41) is 0. The second kappa shape index (κ2) is 6.53. The van der Waals surface area contributed by atoms with Crippen LogP contribution >= 0.6 is 0 Å². The molecule has 0 fully saturated rings. The highest BCUT2D eigenvalue weighted by Gasteiger charge is 2.06. The Kier molecular flexibility index (Phi) is 5.28. The summed E-state index contributed by atoms with van der Waals surface area (Å²) in [6, 6.07) is 1.71. The first-order chi connectivity index (χ1) is 7.25. The molecule has 1 heterocycles. The molecule has 0 bridgehead atoms. The Labute approximate surface area is 92.3 Å². The lowest BCUT2D eigenvalue weighted by Gasteiger charge is -2.04. The topological polar surface area (TPSA) is 65.2 Å². The number of hydrogen-bond acceptors (Lipinski definition) is 4. The summed E-state index contributed by atoms with van der Waals surface area (Å²) in [5.74, 6) is 0.623. The molecule has 4 nitrogen and oxygen atoms in total. The van der Waals surface area contributed by atoms with E-state index in [0.29, 0.717) is 22.9 Å². The van der Waals surface area contributed by atoms with Crippen LogP contribution in [-0.4, -0.2) is 28.7 Å². The first-order valence-electron chi connectivity index (χ1n) is 4.82. The molecule has 1 aromatic heterocycles. The molecule has 0 aliphatic rings. The van der Waals surface area contributed by atoms with Crippen LogP contribution in [-0.2, 0) is 15.5 Å². The van der Waals surface area contributed by atoms with Gasteiger partial charge in [0.25, 0.3) is 0 Å². The van der Waals surface area contributed by atoms with Gasteiger partial charge in [0.1, 0.15) is 0 Å². The van der Waals surface area contributed by atoms with Crippen molar-refractivity contribution in [1.82, 2.24) is 4.98 Å². The molecule has 84 valence electrons. The monoisotopic (exact) mass is 228 g/mol. The summed E-state index contributed by atoms with van der Waals surface area (Å²) >= 11 is 0. The second-order valence-corrected chi connectivity index (χ2v) is 4.70. The van der Waals surface area contributed by atoms with Crippen LogP contribution in [0.4, 0.5) is 5.69 Å². The lowest BCUT2D eigenvalue weighted by molar-refractivity contribution is 0.194. The van der Waals surface area contributed by atoms with Crippen molar-refractivity contribution in [2.75, 3.05) is 25.2 Å². The number of nitrogen functional groups attached to an aromatic ring is 1. The van der Waals surface area contributed by atoms with E-state index in [1.54, 1.807) is 19.4 Å². The SMILES string of the molecule is COCCCCS(=O)c1ccncc1N. The number of nitrogens with zero attached hydrogens (tertiary/aromatic N) is 1. The van der Waals surface area contributed by atoms with E-state index in [4.69, 9.17) is 10.5 Å². The van der Waals surface area contributed by atoms with E-state index in [0.717, 1.165) is 12.8 Å². The highest BCUT2D eigenvalue weighted by atomic mass is 32.2. The van der Waals surface area contributed by atoms with Crippen LogP contribution in [0.25, 0.3) is 0 Å². The number of rotatable bonds is 6. The largest absolute Gasteiger partial charge is 0.396 e. The Hall–Kier alpha value is -0.940. The summed E-state index contributed by atoms with van der Waals surface area (Å²) in [4.78, 5) is 4.54. The van der Waals surface area contributed by atoms with Crippen molar-refractivity contribution in [3.8, 4) is 0 Å². The fourth-order valence-electron chi connectivity index (χ4n) is 1.19. The Morgan fingerprint density at radius 2 is 2.33 bits per heavy atom. The van der Waals surface area contributed by atoms with Gasteiger partial charge in [0.2, 0.25) is 0 Å². The first kappa shape index (κ1) is 12.1. The maximum absolute atomic E-state index is 11.8. The standard InChI is InChI=1S/C10H16N2O2S/c1-14-6-2-3-7-15(13)10-4-5-12-8-9(10)11/h4-5,8H,2-3,6-7,11H2,1H3. The van der Waals surface area contributed by atoms with E-state index in [9.17, 15) is 4.21 Å². The number of ether oxygens (including phenoxy) is 1. The molecule has 0 spiro atoms. The Balaban J connectivity index is 2.44. The summed E-state index contributed by atoms with van der Waals surface area (Å²) in [5.41, 5.74) is 6.17. The van der Waals surface area contributed by atoms with Crippen molar-refractivity contribution in [3.05, 3.63) is 18.5 Å². The van der Waals surface area contributed by atoms with Gasteiger partial charge in [-0.1, -0.05) is 0 Å². The fraction of sp³-hybridized carbons (Fsp3) is 0.500. The van der Waals surface area contributed by atoms with Gasteiger partial charge in [0.05, 0.1) is 27.6 Å². The smallest absolute Gasteiger partial charge is 0.0664 e. The van der Waals surface area contributed by atoms with Crippen molar-refractivity contribution < 1.29 is 8.95 Å². The van der Waals surface area contributed by atoms with Crippen LogP contribution in [0.15, 0.2) is 23.4 Å². The zero-order valence-electron chi connectivity index (χ0n) is 8.81. The molecule has 1 rings (SSSR count). The van der Waals surface area contributed by atoms with Crippen molar-refractivity contribution in [2.45, 2.75) is 17.7 Å². The molecule has 0 saturated heterocycles. The molecule has 2 N–H and O–H groups in total. The average molecular weight is 228 g/mol. The molecular formula is C10H16N2O2S. The summed E-state index contributed by atoms with van der Waals surface area (Å²) in [6.45, 7) is 0.711. The Bertz CT molecular complexity index is 331. The highest BCUT2D eigenvalue weighted by molar-refractivity contribution is 7.85. The average Bonchev–Trinajstić information content (AvgIpc) is 2.25. The summed E-state index contributed by atoms with van der Waals surface area (Å²) in [6.07, 6.45) is 4.94. The van der Waals surface area contributed by atoms with Crippen LogP contribution in [0.3, 0.4) is 0 Å². The first-order valence-corrected chi connectivity index (χ1v) is 6.14. The summed E-state index contributed by atoms with van der Waals surface area (Å²) in [7, 11) is 0.645. The number of aromatic nitrogens is 1. The second-order valence-electron chi connectivity index (χ2n) is 3.16. The quantitative estimate of drug-likeness (QED) is 0.743. The zero-order valence-corrected chi connectivity index (χ0v) is 9.63. The van der Waals surface area contributed by atoms with E-state index >= 15 is 0 Å². The van der Waals surface area contributed by atoms with Gasteiger partial charge in [-0.2, -0.15) is 0 Å². The Morgan fingerprint density at radius 1 is 1.53 bits per heavy atom. The van der Waals surface area contributed by atoms with Crippen molar-refractivity contribution in [2.24, 2.45) is 0 Å². The van der Waals surface area contributed by atoms with Gasteiger partial charge in [0.15, 0.2) is 0 Å². The Morgan fingerprint density at radius 3 is 3.00 bits per heavy atom. The van der Waals surface area contributed by atoms with E-state index < -0.39 is 10.8 Å². The molecule has 0 aliphatic carbocycles. The van der Waals surface area contributed by atoms with Gasteiger partial charge in [-0.25, -0.2) is 0 Å². The number of nitrogens with two attached hydrogens (primary N) is 1.